The second kappa shape index (κ2) is 8.96. The largest absolute Gasteiger partial charge is 0.497 e. The third-order valence-corrected chi connectivity index (χ3v) is 5.73. The topological polar surface area (TPSA) is 85.6 Å². The van der Waals surface area contributed by atoms with Crippen LogP contribution in [0.15, 0.2) is 36.7 Å². The van der Waals surface area contributed by atoms with Gasteiger partial charge in [-0.05, 0) is 24.6 Å². The van der Waals surface area contributed by atoms with Crippen molar-refractivity contribution in [3.8, 4) is 16.9 Å². The lowest BCUT2D eigenvalue weighted by Gasteiger charge is -2.33. The first-order valence-corrected chi connectivity index (χ1v) is 10.5. The number of morpholine rings is 1. The zero-order valence-corrected chi connectivity index (χ0v) is 19.1. The van der Waals surface area contributed by atoms with Crippen molar-refractivity contribution in [1.82, 2.24) is 24.6 Å². The molecule has 1 saturated heterocycles. The number of hydrogen-bond acceptors (Lipinski definition) is 7. The van der Waals surface area contributed by atoms with E-state index in [2.05, 4.69) is 10.1 Å². The second-order valence-corrected chi connectivity index (χ2v) is 7.97. The normalized spacial score (nSPS) is 16.2. The van der Waals surface area contributed by atoms with Gasteiger partial charge in [0.1, 0.15) is 11.9 Å². The van der Waals surface area contributed by atoms with Crippen LogP contribution in [0.5, 0.6) is 5.75 Å². The minimum atomic E-state index is -0.372. The summed E-state index contributed by atoms with van der Waals surface area (Å²) in [7, 11) is 7.27. The van der Waals surface area contributed by atoms with E-state index >= 15 is 0 Å². The Labute approximate surface area is 187 Å². The molecule has 0 unspecified atom stereocenters. The molecule has 0 bridgehead atoms. The standard InChI is InChI=1S/C23H28N6O3/c1-15-18(13-25-28(15)4)22(30)29-10-11-32-20(14-29)21-19(12-24-23(26-21)27(2)3)16-6-8-17(31-5)9-7-16/h6-9,12-13,20H,10-11,14H2,1-5H3/t20-/m1/s1. The average Bonchev–Trinajstić information content (AvgIpc) is 3.16. The van der Waals surface area contributed by atoms with Crippen molar-refractivity contribution in [2.24, 2.45) is 7.05 Å². The Kier molecular flexibility index (Phi) is 6.09. The van der Waals surface area contributed by atoms with Crippen LogP contribution in [0.4, 0.5) is 5.95 Å². The number of methoxy groups -OCH3 is 1. The van der Waals surface area contributed by atoms with Crippen LogP contribution in [0.3, 0.4) is 0 Å². The fourth-order valence-corrected chi connectivity index (χ4v) is 3.72. The molecule has 0 spiro atoms. The smallest absolute Gasteiger partial charge is 0.257 e. The highest BCUT2D eigenvalue weighted by Crippen LogP contribution is 2.32. The lowest BCUT2D eigenvalue weighted by molar-refractivity contribution is -0.0244. The van der Waals surface area contributed by atoms with Crippen molar-refractivity contribution in [2.45, 2.75) is 13.0 Å². The molecular weight excluding hydrogens is 408 g/mol. The van der Waals surface area contributed by atoms with Gasteiger partial charge in [-0.15, -0.1) is 0 Å². The van der Waals surface area contributed by atoms with Crippen LogP contribution < -0.4 is 9.64 Å². The van der Waals surface area contributed by atoms with Crippen LogP contribution in [0.2, 0.25) is 0 Å². The first-order chi connectivity index (χ1) is 15.4. The Morgan fingerprint density at radius 2 is 1.97 bits per heavy atom. The van der Waals surface area contributed by atoms with E-state index < -0.39 is 0 Å². The third-order valence-electron chi connectivity index (χ3n) is 5.73. The predicted octanol–water partition coefficient (Wildman–Crippen LogP) is 2.47. The first-order valence-electron chi connectivity index (χ1n) is 10.5. The summed E-state index contributed by atoms with van der Waals surface area (Å²) in [6.07, 6.45) is 3.07. The summed E-state index contributed by atoms with van der Waals surface area (Å²) in [6, 6.07) is 7.76. The molecule has 1 amide bonds. The molecule has 0 radical (unpaired) electrons. The number of carbonyl (C=O) groups excluding carboxylic acids is 1. The van der Waals surface area contributed by atoms with Crippen molar-refractivity contribution < 1.29 is 14.3 Å². The summed E-state index contributed by atoms with van der Waals surface area (Å²) < 4.78 is 13.1. The molecule has 3 aromatic rings. The van der Waals surface area contributed by atoms with Crippen molar-refractivity contribution in [3.05, 3.63) is 53.6 Å². The monoisotopic (exact) mass is 436 g/mol. The molecule has 9 nitrogen and oxygen atoms in total. The second-order valence-electron chi connectivity index (χ2n) is 7.97. The Balaban J connectivity index is 1.68. The maximum atomic E-state index is 13.2. The highest BCUT2D eigenvalue weighted by molar-refractivity contribution is 5.95. The minimum Gasteiger partial charge on any atom is -0.497 e. The molecule has 2 aromatic heterocycles. The maximum Gasteiger partial charge on any atom is 0.257 e. The number of hydrogen-bond donors (Lipinski definition) is 0. The third kappa shape index (κ3) is 4.16. The molecule has 32 heavy (non-hydrogen) atoms. The summed E-state index contributed by atoms with van der Waals surface area (Å²) in [5.74, 6) is 1.32. The number of ether oxygens (including phenoxy) is 2. The van der Waals surface area contributed by atoms with Crippen molar-refractivity contribution in [1.29, 1.82) is 0 Å². The van der Waals surface area contributed by atoms with Crippen LogP contribution in [-0.4, -0.2) is 71.5 Å². The number of aromatic nitrogens is 4. The average molecular weight is 437 g/mol. The quantitative estimate of drug-likeness (QED) is 0.607. The minimum absolute atomic E-state index is 0.0446. The van der Waals surface area contributed by atoms with Crippen LogP contribution in [0.1, 0.15) is 27.8 Å². The fourth-order valence-electron chi connectivity index (χ4n) is 3.72. The molecule has 9 heteroatoms. The summed E-state index contributed by atoms with van der Waals surface area (Å²) in [4.78, 5) is 26.2. The van der Waals surface area contributed by atoms with E-state index in [0.717, 1.165) is 28.3 Å². The molecule has 168 valence electrons. The number of amides is 1. The highest BCUT2D eigenvalue weighted by Gasteiger charge is 2.30. The molecule has 0 N–H and O–H groups in total. The Bertz CT molecular complexity index is 1110. The molecular formula is C23H28N6O3. The van der Waals surface area contributed by atoms with Crippen LogP contribution in [0, 0.1) is 6.92 Å². The van der Waals surface area contributed by atoms with Crippen molar-refractivity contribution >= 4 is 11.9 Å². The molecule has 1 aromatic carbocycles. The van der Waals surface area contributed by atoms with Crippen molar-refractivity contribution in [3.63, 3.8) is 0 Å². The van der Waals surface area contributed by atoms with Gasteiger partial charge < -0.3 is 19.3 Å². The fraction of sp³-hybridized carbons (Fsp3) is 0.391. The maximum absolute atomic E-state index is 13.2. The van der Waals surface area contributed by atoms with Gasteiger partial charge in [0, 0.05) is 45.1 Å². The molecule has 1 atom stereocenters. The highest BCUT2D eigenvalue weighted by atomic mass is 16.5. The summed E-state index contributed by atoms with van der Waals surface area (Å²) in [6.45, 7) is 3.25. The summed E-state index contributed by atoms with van der Waals surface area (Å²) >= 11 is 0. The molecule has 1 aliphatic rings. The van der Waals surface area contributed by atoms with E-state index in [1.807, 2.05) is 68.3 Å². The lowest BCUT2D eigenvalue weighted by Crippen LogP contribution is -2.42. The number of benzene rings is 1. The zero-order chi connectivity index (χ0) is 22.8. The SMILES string of the molecule is COc1ccc(-c2cnc(N(C)C)nc2[C@H]2CN(C(=O)c3cnn(C)c3C)CCO2)cc1. The molecule has 1 fully saturated rings. The number of anilines is 1. The van der Waals surface area contributed by atoms with Gasteiger partial charge in [0.05, 0.1) is 37.7 Å². The van der Waals surface area contributed by atoms with E-state index in [1.54, 1.807) is 18.0 Å². The van der Waals surface area contributed by atoms with Gasteiger partial charge in [-0.25, -0.2) is 9.97 Å². The Morgan fingerprint density at radius 1 is 1.22 bits per heavy atom. The van der Waals surface area contributed by atoms with E-state index in [4.69, 9.17) is 14.5 Å². The van der Waals surface area contributed by atoms with Crippen LogP contribution in [0.25, 0.3) is 11.1 Å². The van der Waals surface area contributed by atoms with Crippen LogP contribution in [-0.2, 0) is 11.8 Å². The zero-order valence-electron chi connectivity index (χ0n) is 19.1. The predicted molar refractivity (Wildman–Crippen MR) is 121 cm³/mol. The van der Waals surface area contributed by atoms with Gasteiger partial charge in [-0.2, -0.15) is 5.10 Å². The van der Waals surface area contributed by atoms with Gasteiger partial charge in [0.2, 0.25) is 5.95 Å². The number of rotatable bonds is 5. The van der Waals surface area contributed by atoms with Gasteiger partial charge >= 0.3 is 0 Å². The van der Waals surface area contributed by atoms with E-state index in [0.29, 0.717) is 31.2 Å². The number of carbonyl (C=O) groups is 1. The molecule has 3 heterocycles. The Morgan fingerprint density at radius 3 is 2.59 bits per heavy atom. The molecule has 0 saturated carbocycles. The lowest BCUT2D eigenvalue weighted by atomic mass is 10.0. The summed E-state index contributed by atoms with van der Waals surface area (Å²) in [5.41, 5.74) is 4.04. The molecule has 1 aliphatic heterocycles. The van der Waals surface area contributed by atoms with Crippen molar-refractivity contribution in [2.75, 3.05) is 45.8 Å². The first kappa shape index (κ1) is 21.8. The Hall–Kier alpha value is -3.46. The van der Waals surface area contributed by atoms with Gasteiger partial charge in [0.25, 0.3) is 5.91 Å². The van der Waals surface area contributed by atoms with E-state index in [-0.39, 0.29) is 12.0 Å². The van der Waals surface area contributed by atoms with E-state index in [9.17, 15) is 4.79 Å². The van der Waals surface area contributed by atoms with Gasteiger partial charge in [0.15, 0.2) is 0 Å². The number of nitrogens with zero attached hydrogens (tertiary/aromatic N) is 6. The summed E-state index contributed by atoms with van der Waals surface area (Å²) in [5, 5.41) is 4.21. The van der Waals surface area contributed by atoms with Gasteiger partial charge in [-0.3, -0.25) is 9.48 Å². The molecule has 4 rings (SSSR count). The number of aryl methyl sites for hydroxylation is 1. The van der Waals surface area contributed by atoms with Gasteiger partial charge in [-0.1, -0.05) is 12.1 Å². The molecule has 0 aliphatic carbocycles. The van der Waals surface area contributed by atoms with E-state index in [1.165, 1.54) is 0 Å². The van der Waals surface area contributed by atoms with Crippen LogP contribution >= 0.6 is 0 Å².